The Morgan fingerprint density at radius 3 is 3.36 bits per heavy atom. The number of rotatable bonds is 0. The molecule has 1 amide bonds. The average Bonchev–Trinajstić information content (AvgIpc) is 2.31. The third-order valence-electron chi connectivity index (χ3n) is 1.65. The van der Waals surface area contributed by atoms with E-state index in [0.29, 0.717) is 0 Å². The largest absolute Gasteiger partial charge is 0.313 e. The number of nitrogens with one attached hydrogen (secondary N) is 1. The van der Waals surface area contributed by atoms with Crippen LogP contribution in [0.2, 0.25) is 0 Å². The lowest BCUT2D eigenvalue weighted by molar-refractivity contribution is -0.123. The van der Waals surface area contributed by atoms with E-state index in [2.05, 4.69) is 33.0 Å². The molecule has 0 spiro atoms. The van der Waals surface area contributed by atoms with Gasteiger partial charge in [0.2, 0.25) is 0 Å². The van der Waals surface area contributed by atoms with Gasteiger partial charge in [-0.25, -0.2) is 0 Å². The van der Waals surface area contributed by atoms with Crippen LogP contribution in [-0.4, -0.2) is 29.8 Å². The first-order valence-electron chi connectivity index (χ1n) is 3.23. The van der Waals surface area contributed by atoms with E-state index in [1.807, 2.05) is 6.08 Å². The van der Waals surface area contributed by atoms with Gasteiger partial charge in [0.1, 0.15) is 12.4 Å². The van der Waals surface area contributed by atoms with Crippen molar-refractivity contribution in [2.45, 2.75) is 6.04 Å². The molecule has 2 rings (SSSR count). The van der Waals surface area contributed by atoms with Gasteiger partial charge in [0.15, 0.2) is 0 Å². The van der Waals surface area contributed by atoms with Crippen molar-refractivity contribution in [2.24, 2.45) is 5.10 Å². The van der Waals surface area contributed by atoms with E-state index in [9.17, 15) is 4.79 Å². The van der Waals surface area contributed by atoms with Crippen LogP contribution in [0.1, 0.15) is 0 Å². The van der Waals surface area contributed by atoms with Gasteiger partial charge in [0, 0.05) is 3.58 Å². The third kappa shape index (κ3) is 1.13. The quantitative estimate of drug-likeness (QED) is 0.628. The molecule has 1 atom stereocenters. The molecule has 0 fully saturated rings. The van der Waals surface area contributed by atoms with Crippen molar-refractivity contribution in [1.82, 2.24) is 10.3 Å². The van der Waals surface area contributed by atoms with Crippen LogP contribution in [0, 0.1) is 0 Å². The highest BCUT2D eigenvalue weighted by Crippen LogP contribution is 2.22. The number of halogens is 1. The predicted octanol–water partition coefficient (Wildman–Crippen LogP) is 0.0626. The number of hydrazone groups is 1. The zero-order chi connectivity index (χ0) is 7.84. The van der Waals surface area contributed by atoms with Crippen LogP contribution in [0.5, 0.6) is 0 Å². The average molecular weight is 263 g/mol. The molecule has 0 radical (unpaired) electrons. The molecule has 0 saturated heterocycles. The molecule has 4 nitrogen and oxygen atoms in total. The Bertz CT molecular complexity index is 261. The van der Waals surface area contributed by atoms with Crippen LogP contribution in [0.25, 0.3) is 0 Å². The lowest BCUT2D eigenvalue weighted by atomic mass is 10.3. The van der Waals surface area contributed by atoms with Gasteiger partial charge < -0.3 is 5.32 Å². The van der Waals surface area contributed by atoms with E-state index < -0.39 is 0 Å². The maximum absolute atomic E-state index is 11.1. The van der Waals surface area contributed by atoms with Crippen LogP contribution in [0.4, 0.5) is 0 Å². The van der Waals surface area contributed by atoms with Crippen molar-refractivity contribution in [3.8, 4) is 0 Å². The fourth-order valence-corrected chi connectivity index (χ4v) is 1.83. The first-order valence-corrected chi connectivity index (χ1v) is 4.31. The Morgan fingerprint density at radius 2 is 2.64 bits per heavy atom. The van der Waals surface area contributed by atoms with Crippen molar-refractivity contribution in [3.63, 3.8) is 0 Å². The summed E-state index contributed by atoms with van der Waals surface area (Å²) >= 11 is 2.21. The van der Waals surface area contributed by atoms with E-state index in [-0.39, 0.29) is 11.9 Å². The Kier molecular flexibility index (Phi) is 1.59. The summed E-state index contributed by atoms with van der Waals surface area (Å²) in [6, 6.07) is -0.174. The summed E-state index contributed by atoms with van der Waals surface area (Å²) in [5, 5.41) is 8.33. The second-order valence-corrected chi connectivity index (χ2v) is 3.79. The molecule has 2 heterocycles. The minimum Gasteiger partial charge on any atom is -0.313 e. The Hall–Kier alpha value is -0.590. The number of amides is 1. The van der Waals surface area contributed by atoms with Gasteiger partial charge in [-0.2, -0.15) is 5.10 Å². The highest BCUT2D eigenvalue weighted by atomic mass is 127. The molecule has 0 bridgehead atoms. The van der Waals surface area contributed by atoms with Crippen molar-refractivity contribution >= 4 is 34.8 Å². The van der Waals surface area contributed by atoms with E-state index >= 15 is 0 Å². The maximum Gasteiger partial charge on any atom is 0.253 e. The Morgan fingerprint density at radius 1 is 1.82 bits per heavy atom. The molecule has 58 valence electrons. The summed E-state index contributed by atoms with van der Waals surface area (Å²) in [7, 11) is 0. The Balaban J connectivity index is 2.28. The van der Waals surface area contributed by atoms with Crippen LogP contribution >= 0.6 is 22.6 Å². The summed E-state index contributed by atoms with van der Waals surface area (Å²) in [6.45, 7) is 0.759. The second-order valence-electron chi connectivity index (χ2n) is 2.41. The summed E-state index contributed by atoms with van der Waals surface area (Å²) in [5.74, 6) is 0.00617. The molecule has 0 aromatic rings. The van der Waals surface area contributed by atoms with Crippen LogP contribution in [0.15, 0.2) is 14.8 Å². The highest BCUT2D eigenvalue weighted by Gasteiger charge is 2.30. The molecule has 0 unspecified atom stereocenters. The molecule has 2 aliphatic rings. The van der Waals surface area contributed by atoms with Crippen molar-refractivity contribution in [2.75, 3.05) is 6.54 Å². The second kappa shape index (κ2) is 2.47. The molecule has 5 heteroatoms. The first kappa shape index (κ1) is 7.08. The molecular weight excluding hydrogens is 257 g/mol. The van der Waals surface area contributed by atoms with Crippen LogP contribution in [-0.2, 0) is 4.79 Å². The van der Waals surface area contributed by atoms with Crippen LogP contribution < -0.4 is 5.32 Å². The fraction of sp³-hybridized carbons (Fsp3) is 0.333. The van der Waals surface area contributed by atoms with Gasteiger partial charge in [0.25, 0.3) is 5.91 Å². The van der Waals surface area contributed by atoms with Crippen molar-refractivity contribution in [3.05, 3.63) is 9.66 Å². The zero-order valence-corrected chi connectivity index (χ0v) is 7.78. The smallest absolute Gasteiger partial charge is 0.253 e. The van der Waals surface area contributed by atoms with E-state index in [4.69, 9.17) is 0 Å². The minimum absolute atomic E-state index is 0.00617. The SMILES string of the molecule is O=C1NC=NN2CC(I)=C[C@H]12. The topological polar surface area (TPSA) is 44.7 Å². The molecule has 0 aliphatic carbocycles. The molecule has 11 heavy (non-hydrogen) atoms. The molecule has 0 aromatic heterocycles. The normalized spacial score (nSPS) is 28.1. The van der Waals surface area contributed by atoms with Gasteiger partial charge in [-0.15, -0.1) is 0 Å². The molecule has 1 N–H and O–H groups in total. The lowest BCUT2D eigenvalue weighted by Gasteiger charge is -2.22. The van der Waals surface area contributed by atoms with Gasteiger partial charge >= 0.3 is 0 Å². The van der Waals surface area contributed by atoms with Gasteiger partial charge in [-0.1, -0.05) is 0 Å². The molecular formula is C6H6IN3O. The first-order chi connectivity index (χ1) is 5.27. The number of fused-ring (bicyclic) bond motifs is 1. The van der Waals surface area contributed by atoms with E-state index in [0.717, 1.165) is 6.54 Å². The minimum atomic E-state index is -0.174. The van der Waals surface area contributed by atoms with Gasteiger partial charge in [0.05, 0.1) is 6.54 Å². The summed E-state index contributed by atoms with van der Waals surface area (Å²) in [5.41, 5.74) is 0. The summed E-state index contributed by atoms with van der Waals surface area (Å²) in [6.07, 6.45) is 3.36. The third-order valence-corrected chi connectivity index (χ3v) is 2.36. The molecule has 0 aromatic carbocycles. The standard InChI is InChI=1S/C6H6IN3O/c7-4-1-5-6(11)8-3-9-10(5)2-4/h1,3,5H,2H2,(H,8,9,11)/t5-/m1/s1. The summed E-state index contributed by atoms with van der Waals surface area (Å²) < 4.78 is 1.17. The number of carbonyl (C=O) groups is 1. The monoisotopic (exact) mass is 263 g/mol. The Labute approximate surface area is 77.5 Å². The predicted molar refractivity (Wildman–Crippen MR) is 49.2 cm³/mol. The molecule has 0 saturated carbocycles. The van der Waals surface area contributed by atoms with E-state index in [1.165, 1.54) is 9.92 Å². The van der Waals surface area contributed by atoms with Gasteiger partial charge in [-0.3, -0.25) is 9.80 Å². The zero-order valence-electron chi connectivity index (χ0n) is 5.62. The number of nitrogens with zero attached hydrogens (tertiary/aromatic N) is 2. The van der Waals surface area contributed by atoms with E-state index in [1.54, 1.807) is 5.01 Å². The summed E-state index contributed by atoms with van der Waals surface area (Å²) in [4.78, 5) is 11.1. The number of carbonyl (C=O) groups excluding carboxylic acids is 1. The fourth-order valence-electron chi connectivity index (χ4n) is 1.14. The molecule has 2 aliphatic heterocycles. The van der Waals surface area contributed by atoms with Crippen LogP contribution in [0.3, 0.4) is 0 Å². The number of hydrogen-bond acceptors (Lipinski definition) is 3. The van der Waals surface area contributed by atoms with Gasteiger partial charge in [-0.05, 0) is 28.7 Å². The highest BCUT2D eigenvalue weighted by molar-refractivity contribution is 14.1. The maximum atomic E-state index is 11.1. The lowest BCUT2D eigenvalue weighted by Crippen LogP contribution is -2.45. The van der Waals surface area contributed by atoms with Crippen molar-refractivity contribution < 1.29 is 4.79 Å². The van der Waals surface area contributed by atoms with Crippen molar-refractivity contribution in [1.29, 1.82) is 0 Å². The number of hydrogen-bond donors (Lipinski definition) is 1.